The maximum Gasteiger partial charge on any atom is 0.161 e. The number of nitrogens with zero attached hydrogens (tertiary/aromatic N) is 3. The maximum absolute atomic E-state index is 9.84. The Bertz CT molecular complexity index is 686. The van der Waals surface area contributed by atoms with Crippen LogP contribution in [0.2, 0.25) is 5.02 Å². The number of phenolic OH excluding ortho intramolecular Hbond substituents is 1. The van der Waals surface area contributed by atoms with Gasteiger partial charge in [0.25, 0.3) is 0 Å². The number of hydrogen-bond acceptors (Lipinski definition) is 4. The van der Waals surface area contributed by atoms with Crippen molar-refractivity contribution in [1.29, 1.82) is 0 Å². The normalized spacial score (nSPS) is 18.5. The number of likely N-dealkylation sites (N-methyl/N-ethyl adjacent to an activating group) is 1. The molecule has 5 nitrogen and oxygen atoms in total. The van der Waals surface area contributed by atoms with Gasteiger partial charge >= 0.3 is 0 Å². The highest BCUT2D eigenvalue weighted by Gasteiger charge is 2.24. The highest BCUT2D eigenvalue weighted by molar-refractivity contribution is 6.33. The Morgan fingerprint density at radius 2 is 2.26 bits per heavy atom. The van der Waals surface area contributed by atoms with Gasteiger partial charge in [-0.1, -0.05) is 18.5 Å². The van der Waals surface area contributed by atoms with Crippen molar-refractivity contribution >= 4 is 11.6 Å². The smallest absolute Gasteiger partial charge is 0.161 e. The van der Waals surface area contributed by atoms with Crippen molar-refractivity contribution in [2.24, 2.45) is 0 Å². The number of aromatic nitrogens is 2. The minimum absolute atomic E-state index is 0.0345. The van der Waals surface area contributed by atoms with E-state index in [0.29, 0.717) is 16.8 Å². The Morgan fingerprint density at radius 1 is 1.43 bits per heavy atom. The quantitative estimate of drug-likeness (QED) is 0.909. The van der Waals surface area contributed by atoms with Gasteiger partial charge in [0, 0.05) is 36.6 Å². The van der Waals surface area contributed by atoms with Crippen LogP contribution in [0.25, 0.3) is 11.4 Å². The van der Waals surface area contributed by atoms with Crippen LogP contribution in [0.1, 0.15) is 19.8 Å². The zero-order valence-electron chi connectivity index (χ0n) is 13.5. The van der Waals surface area contributed by atoms with Crippen molar-refractivity contribution in [1.82, 2.24) is 14.5 Å². The van der Waals surface area contributed by atoms with E-state index in [1.807, 2.05) is 6.20 Å². The highest BCUT2D eigenvalue weighted by Crippen LogP contribution is 2.37. The largest absolute Gasteiger partial charge is 0.504 e. The predicted molar refractivity (Wildman–Crippen MR) is 91.2 cm³/mol. The van der Waals surface area contributed by atoms with Crippen LogP contribution in [-0.4, -0.2) is 45.8 Å². The number of imidazole rings is 1. The Hall–Kier alpha value is -1.72. The van der Waals surface area contributed by atoms with Crippen molar-refractivity contribution < 1.29 is 9.84 Å². The Balaban J connectivity index is 1.92. The molecule has 0 amide bonds. The number of likely N-dealkylation sites (tertiary alicyclic amines) is 1. The first-order chi connectivity index (χ1) is 11.1. The van der Waals surface area contributed by atoms with Gasteiger partial charge in [-0.25, -0.2) is 4.98 Å². The number of hydrogen-bond donors (Lipinski definition) is 1. The minimum Gasteiger partial charge on any atom is -0.504 e. The van der Waals surface area contributed by atoms with E-state index in [2.05, 4.69) is 21.4 Å². The summed E-state index contributed by atoms with van der Waals surface area (Å²) in [5, 5.41) is 10.3. The van der Waals surface area contributed by atoms with Gasteiger partial charge in [-0.15, -0.1) is 0 Å². The Morgan fingerprint density at radius 3 is 3.00 bits per heavy atom. The lowest BCUT2D eigenvalue weighted by Crippen LogP contribution is -2.32. The summed E-state index contributed by atoms with van der Waals surface area (Å²) in [5.74, 6) is 1.23. The molecule has 0 saturated carbocycles. The van der Waals surface area contributed by atoms with Crippen LogP contribution >= 0.6 is 11.6 Å². The molecule has 0 unspecified atom stereocenters. The van der Waals surface area contributed by atoms with E-state index in [4.69, 9.17) is 16.3 Å². The fraction of sp³-hybridized carbons (Fsp3) is 0.471. The van der Waals surface area contributed by atoms with Gasteiger partial charge in [0.05, 0.1) is 12.1 Å². The lowest BCUT2D eigenvalue weighted by atomic mass is 10.1. The van der Waals surface area contributed by atoms with Crippen molar-refractivity contribution in [3.63, 3.8) is 0 Å². The van der Waals surface area contributed by atoms with E-state index in [1.54, 1.807) is 12.3 Å². The SMILES string of the molecule is CCN1CCC[C@@H]1Cn1ccnc1-c1cc(OC)c(O)cc1Cl. The third kappa shape index (κ3) is 3.16. The average molecular weight is 336 g/mol. The van der Waals surface area contributed by atoms with Gasteiger partial charge in [0.2, 0.25) is 0 Å². The number of ether oxygens (including phenoxy) is 1. The second-order valence-corrected chi connectivity index (χ2v) is 6.24. The van der Waals surface area contributed by atoms with Crippen LogP contribution < -0.4 is 4.74 Å². The molecular formula is C17H22ClN3O2. The van der Waals surface area contributed by atoms with E-state index < -0.39 is 0 Å². The molecule has 1 N–H and O–H groups in total. The van der Waals surface area contributed by atoms with Gasteiger partial charge in [0.1, 0.15) is 5.82 Å². The summed E-state index contributed by atoms with van der Waals surface area (Å²) < 4.78 is 7.33. The fourth-order valence-electron chi connectivity index (χ4n) is 3.32. The van der Waals surface area contributed by atoms with Gasteiger partial charge < -0.3 is 14.4 Å². The molecule has 0 aliphatic carbocycles. The summed E-state index contributed by atoms with van der Waals surface area (Å²) in [5.41, 5.74) is 0.771. The second kappa shape index (κ2) is 6.81. The van der Waals surface area contributed by atoms with Crippen LogP contribution in [-0.2, 0) is 6.54 Å². The molecule has 1 aliphatic heterocycles. The van der Waals surface area contributed by atoms with E-state index in [1.165, 1.54) is 32.6 Å². The monoisotopic (exact) mass is 335 g/mol. The molecule has 1 aromatic carbocycles. The molecule has 0 radical (unpaired) electrons. The molecule has 6 heteroatoms. The van der Waals surface area contributed by atoms with Crippen LogP contribution in [0.5, 0.6) is 11.5 Å². The fourth-order valence-corrected chi connectivity index (χ4v) is 3.57. The molecule has 23 heavy (non-hydrogen) atoms. The standard InChI is InChI=1S/C17H22ClN3O2/c1-3-20-7-4-5-12(20)11-21-8-6-19-17(21)13-9-16(23-2)15(22)10-14(13)18/h6,8-10,12,22H,3-5,7,11H2,1-2H3/t12-/m1/s1. The minimum atomic E-state index is 0.0345. The average Bonchev–Trinajstić information content (AvgIpc) is 3.17. The first-order valence-corrected chi connectivity index (χ1v) is 8.34. The maximum atomic E-state index is 9.84. The summed E-state index contributed by atoms with van der Waals surface area (Å²) in [6, 6.07) is 3.77. The van der Waals surface area contributed by atoms with Gasteiger partial charge in [-0.05, 0) is 32.0 Å². The third-order valence-corrected chi connectivity index (χ3v) is 4.85. The van der Waals surface area contributed by atoms with Crippen LogP contribution in [0, 0.1) is 0 Å². The number of rotatable bonds is 5. The molecule has 0 spiro atoms. The molecular weight excluding hydrogens is 314 g/mol. The number of aromatic hydroxyl groups is 1. The number of phenols is 1. The molecule has 1 aromatic heterocycles. The van der Waals surface area contributed by atoms with Crippen molar-refractivity contribution in [2.45, 2.75) is 32.4 Å². The predicted octanol–water partition coefficient (Wildman–Crippen LogP) is 3.40. The molecule has 124 valence electrons. The first kappa shape index (κ1) is 16.1. The second-order valence-electron chi connectivity index (χ2n) is 5.83. The van der Waals surface area contributed by atoms with E-state index in [-0.39, 0.29) is 5.75 Å². The van der Waals surface area contributed by atoms with Gasteiger partial charge in [-0.3, -0.25) is 4.90 Å². The summed E-state index contributed by atoms with van der Waals surface area (Å²) in [6.45, 7) is 5.33. The lowest BCUT2D eigenvalue weighted by molar-refractivity contribution is 0.245. The molecule has 1 aliphatic rings. The highest BCUT2D eigenvalue weighted by atomic mass is 35.5. The van der Waals surface area contributed by atoms with Crippen molar-refractivity contribution in [3.05, 3.63) is 29.5 Å². The van der Waals surface area contributed by atoms with Crippen molar-refractivity contribution in [2.75, 3.05) is 20.2 Å². The van der Waals surface area contributed by atoms with Crippen LogP contribution in [0.4, 0.5) is 0 Å². The zero-order valence-corrected chi connectivity index (χ0v) is 14.3. The van der Waals surface area contributed by atoms with E-state index in [0.717, 1.165) is 24.5 Å². The van der Waals surface area contributed by atoms with E-state index >= 15 is 0 Å². The topological polar surface area (TPSA) is 50.5 Å². The number of benzene rings is 1. The number of methoxy groups -OCH3 is 1. The van der Waals surface area contributed by atoms with Gasteiger partial charge in [0.15, 0.2) is 11.5 Å². The first-order valence-electron chi connectivity index (χ1n) is 7.96. The molecule has 2 aromatic rings. The molecule has 1 fully saturated rings. The summed E-state index contributed by atoms with van der Waals surface area (Å²) >= 11 is 6.32. The zero-order chi connectivity index (χ0) is 16.4. The molecule has 1 atom stereocenters. The Kier molecular flexibility index (Phi) is 4.78. The summed E-state index contributed by atoms with van der Waals surface area (Å²) in [7, 11) is 1.52. The molecule has 1 saturated heterocycles. The molecule has 0 bridgehead atoms. The number of halogens is 1. The lowest BCUT2D eigenvalue weighted by Gasteiger charge is -2.24. The molecule has 3 rings (SSSR count). The third-order valence-electron chi connectivity index (χ3n) is 4.54. The van der Waals surface area contributed by atoms with E-state index in [9.17, 15) is 5.11 Å². The van der Waals surface area contributed by atoms with Gasteiger partial charge in [-0.2, -0.15) is 0 Å². The summed E-state index contributed by atoms with van der Waals surface area (Å²) in [4.78, 5) is 6.97. The Labute approximate surface area is 141 Å². The summed E-state index contributed by atoms with van der Waals surface area (Å²) in [6.07, 6.45) is 6.22. The van der Waals surface area contributed by atoms with Crippen LogP contribution in [0.3, 0.4) is 0 Å². The van der Waals surface area contributed by atoms with Crippen molar-refractivity contribution in [3.8, 4) is 22.9 Å². The molecule has 2 heterocycles. The van der Waals surface area contributed by atoms with Crippen LogP contribution in [0.15, 0.2) is 24.5 Å².